The molecule has 100 valence electrons. The molecule has 2 rings (SSSR count). The third-order valence-electron chi connectivity index (χ3n) is 2.76. The molecule has 0 bridgehead atoms. The van der Waals surface area contributed by atoms with Crippen molar-refractivity contribution in [3.8, 4) is 11.8 Å². The van der Waals surface area contributed by atoms with Gasteiger partial charge < -0.3 is 15.3 Å². The molecule has 1 aromatic rings. The fourth-order valence-electron chi connectivity index (χ4n) is 1.82. The molecule has 0 radical (unpaired) electrons. The van der Waals surface area contributed by atoms with Crippen LogP contribution in [-0.2, 0) is 4.79 Å². The fourth-order valence-corrected chi connectivity index (χ4v) is 2.64. The quantitative estimate of drug-likeness (QED) is 0.713. The topological polar surface area (TPSA) is 69.6 Å². The van der Waals surface area contributed by atoms with Gasteiger partial charge in [0.15, 0.2) is 0 Å². The predicted octanol–water partition coefficient (Wildman–Crippen LogP) is 0.0540. The third-order valence-corrected chi connectivity index (χ3v) is 3.66. The van der Waals surface area contributed by atoms with Gasteiger partial charge in [0.05, 0.1) is 0 Å². The van der Waals surface area contributed by atoms with E-state index < -0.39 is 0 Å². The first-order valence-corrected chi connectivity index (χ1v) is 6.83. The highest BCUT2D eigenvalue weighted by molar-refractivity contribution is 7.12. The maximum atomic E-state index is 12.4. The van der Waals surface area contributed by atoms with Gasteiger partial charge in [-0.1, -0.05) is 11.8 Å². The molecule has 2 amide bonds. The Morgan fingerprint density at radius 1 is 1.53 bits per heavy atom. The number of rotatable bonds is 1. The van der Waals surface area contributed by atoms with Gasteiger partial charge in [0.25, 0.3) is 5.91 Å². The summed E-state index contributed by atoms with van der Waals surface area (Å²) in [6.45, 7) is 1.18. The molecule has 19 heavy (non-hydrogen) atoms. The third kappa shape index (κ3) is 3.34. The summed E-state index contributed by atoms with van der Waals surface area (Å²) in [5, 5.41) is 13.2. The lowest BCUT2D eigenvalue weighted by Crippen LogP contribution is -2.34. The second-order valence-electron chi connectivity index (χ2n) is 4.02. The number of aliphatic hydroxyl groups excluding tert-OH is 1. The van der Waals surface area contributed by atoms with E-state index in [4.69, 9.17) is 5.11 Å². The van der Waals surface area contributed by atoms with Crippen molar-refractivity contribution in [2.45, 2.75) is 6.42 Å². The van der Waals surface area contributed by atoms with Crippen LogP contribution < -0.4 is 5.32 Å². The van der Waals surface area contributed by atoms with Gasteiger partial charge in [-0.15, -0.1) is 11.3 Å². The summed E-state index contributed by atoms with van der Waals surface area (Å²) in [5.41, 5.74) is 0.632. The molecule has 0 spiro atoms. The van der Waals surface area contributed by atoms with Crippen molar-refractivity contribution >= 4 is 23.2 Å². The molecule has 1 saturated heterocycles. The number of hydrogen-bond acceptors (Lipinski definition) is 4. The van der Waals surface area contributed by atoms with E-state index in [-0.39, 0.29) is 18.4 Å². The van der Waals surface area contributed by atoms with Crippen molar-refractivity contribution in [2.75, 3.05) is 26.2 Å². The van der Waals surface area contributed by atoms with E-state index in [0.717, 1.165) is 0 Å². The van der Waals surface area contributed by atoms with Crippen LogP contribution in [0.4, 0.5) is 0 Å². The summed E-state index contributed by atoms with van der Waals surface area (Å²) in [6.07, 6.45) is 0.328. The molecule has 2 N–H and O–H groups in total. The summed E-state index contributed by atoms with van der Waals surface area (Å²) >= 11 is 1.33. The number of carbonyl (C=O) groups is 2. The minimum Gasteiger partial charge on any atom is -0.384 e. The Morgan fingerprint density at radius 2 is 2.37 bits per heavy atom. The summed E-state index contributed by atoms with van der Waals surface area (Å²) in [7, 11) is 0. The van der Waals surface area contributed by atoms with Crippen LogP contribution in [0.1, 0.15) is 21.7 Å². The highest BCUT2D eigenvalue weighted by Gasteiger charge is 2.22. The average Bonchev–Trinajstić information content (AvgIpc) is 2.77. The SMILES string of the molecule is O=C1CCN(C(=O)c2sccc2C#CCO)CCN1. The van der Waals surface area contributed by atoms with Crippen LogP contribution in [0.25, 0.3) is 0 Å². The molecule has 6 heteroatoms. The van der Waals surface area contributed by atoms with E-state index in [9.17, 15) is 9.59 Å². The van der Waals surface area contributed by atoms with Crippen LogP contribution in [-0.4, -0.2) is 48.1 Å². The molecule has 0 aromatic carbocycles. The van der Waals surface area contributed by atoms with Gasteiger partial charge in [-0.3, -0.25) is 9.59 Å². The van der Waals surface area contributed by atoms with E-state index >= 15 is 0 Å². The standard InChI is InChI=1S/C13H14N2O3S/c16-8-1-2-10-4-9-19-12(10)13(18)15-6-3-11(17)14-5-7-15/h4,9,16H,3,5-8H2,(H,14,17). The molecule has 2 heterocycles. The smallest absolute Gasteiger partial charge is 0.265 e. The van der Waals surface area contributed by atoms with Crippen molar-refractivity contribution in [3.05, 3.63) is 21.9 Å². The minimum absolute atomic E-state index is 0.0261. The molecule has 0 saturated carbocycles. The lowest BCUT2D eigenvalue weighted by atomic mass is 10.2. The number of nitrogens with one attached hydrogen (secondary N) is 1. The van der Waals surface area contributed by atoms with Gasteiger partial charge in [-0.25, -0.2) is 0 Å². The van der Waals surface area contributed by atoms with Crippen molar-refractivity contribution in [3.63, 3.8) is 0 Å². The zero-order chi connectivity index (χ0) is 13.7. The molecule has 1 aliphatic rings. The maximum absolute atomic E-state index is 12.4. The lowest BCUT2D eigenvalue weighted by molar-refractivity contribution is -0.120. The van der Waals surface area contributed by atoms with E-state index in [2.05, 4.69) is 17.2 Å². The van der Waals surface area contributed by atoms with Crippen molar-refractivity contribution < 1.29 is 14.7 Å². The zero-order valence-electron chi connectivity index (χ0n) is 10.3. The monoisotopic (exact) mass is 278 g/mol. The number of nitrogens with zero attached hydrogens (tertiary/aromatic N) is 1. The van der Waals surface area contributed by atoms with Crippen LogP contribution in [0, 0.1) is 11.8 Å². The number of carbonyl (C=O) groups excluding carboxylic acids is 2. The molecule has 0 atom stereocenters. The van der Waals surface area contributed by atoms with Gasteiger partial charge in [0.1, 0.15) is 11.5 Å². The highest BCUT2D eigenvalue weighted by atomic mass is 32.1. The van der Waals surface area contributed by atoms with Gasteiger partial charge in [-0.2, -0.15) is 0 Å². The number of hydrogen-bond donors (Lipinski definition) is 2. The Kier molecular flexibility index (Phi) is 4.55. The van der Waals surface area contributed by atoms with E-state index in [0.29, 0.717) is 36.5 Å². The summed E-state index contributed by atoms with van der Waals surface area (Å²) in [5.74, 6) is 5.18. The van der Waals surface area contributed by atoms with Crippen LogP contribution in [0.5, 0.6) is 0 Å². The van der Waals surface area contributed by atoms with Gasteiger partial charge in [0, 0.05) is 31.6 Å². The lowest BCUT2D eigenvalue weighted by Gasteiger charge is -2.18. The first kappa shape index (κ1) is 13.6. The van der Waals surface area contributed by atoms with Gasteiger partial charge in [-0.05, 0) is 11.4 Å². The van der Waals surface area contributed by atoms with Crippen LogP contribution >= 0.6 is 11.3 Å². The summed E-state index contributed by atoms with van der Waals surface area (Å²) in [4.78, 5) is 25.8. The molecule has 0 aliphatic carbocycles. The summed E-state index contributed by atoms with van der Waals surface area (Å²) in [6, 6.07) is 1.77. The number of thiophene rings is 1. The van der Waals surface area contributed by atoms with Gasteiger partial charge in [0.2, 0.25) is 5.91 Å². The van der Waals surface area contributed by atoms with E-state index in [1.807, 2.05) is 0 Å². The minimum atomic E-state index is -0.231. The summed E-state index contributed by atoms with van der Waals surface area (Å²) < 4.78 is 0. The second kappa shape index (κ2) is 6.36. The Morgan fingerprint density at radius 3 is 3.16 bits per heavy atom. The Hall–Kier alpha value is -1.84. The molecular weight excluding hydrogens is 264 g/mol. The second-order valence-corrected chi connectivity index (χ2v) is 4.93. The fraction of sp³-hybridized carbons (Fsp3) is 0.385. The normalized spacial score (nSPS) is 15.2. The molecule has 1 fully saturated rings. The molecule has 1 aromatic heterocycles. The molecular formula is C13H14N2O3S. The first-order chi connectivity index (χ1) is 9.22. The highest BCUT2D eigenvalue weighted by Crippen LogP contribution is 2.18. The van der Waals surface area contributed by atoms with Crippen LogP contribution in [0.2, 0.25) is 0 Å². The number of amides is 2. The molecule has 5 nitrogen and oxygen atoms in total. The Balaban J connectivity index is 2.15. The first-order valence-electron chi connectivity index (χ1n) is 5.95. The van der Waals surface area contributed by atoms with E-state index in [1.165, 1.54) is 11.3 Å². The van der Waals surface area contributed by atoms with Gasteiger partial charge >= 0.3 is 0 Å². The van der Waals surface area contributed by atoms with Crippen molar-refractivity contribution in [2.24, 2.45) is 0 Å². The largest absolute Gasteiger partial charge is 0.384 e. The zero-order valence-corrected chi connectivity index (χ0v) is 11.1. The Bertz CT molecular complexity index is 542. The Labute approximate surface area is 115 Å². The molecule has 0 unspecified atom stereocenters. The van der Waals surface area contributed by atoms with Crippen molar-refractivity contribution in [1.29, 1.82) is 0 Å². The van der Waals surface area contributed by atoms with Crippen LogP contribution in [0.3, 0.4) is 0 Å². The van der Waals surface area contributed by atoms with Crippen molar-refractivity contribution in [1.82, 2.24) is 10.2 Å². The maximum Gasteiger partial charge on any atom is 0.265 e. The number of aliphatic hydroxyl groups is 1. The van der Waals surface area contributed by atoms with Crippen LogP contribution in [0.15, 0.2) is 11.4 Å². The average molecular weight is 278 g/mol. The molecule has 1 aliphatic heterocycles. The predicted molar refractivity (Wildman–Crippen MR) is 71.8 cm³/mol. The van der Waals surface area contributed by atoms with E-state index in [1.54, 1.807) is 16.3 Å².